The van der Waals surface area contributed by atoms with Crippen LogP contribution in [0.15, 0.2) is 43.0 Å². The second kappa shape index (κ2) is 7.41. The predicted octanol–water partition coefficient (Wildman–Crippen LogP) is 2.59. The zero-order chi connectivity index (χ0) is 12.6. The minimum Gasteiger partial charge on any atom is -0.376 e. The van der Waals surface area contributed by atoms with E-state index in [1.807, 2.05) is 30.3 Å². The summed E-state index contributed by atoms with van der Waals surface area (Å²) in [6.45, 7) is 4.11. The molecule has 0 aliphatic carbocycles. The lowest BCUT2D eigenvalue weighted by atomic mass is 10.2. The van der Waals surface area contributed by atoms with Crippen molar-refractivity contribution in [3.05, 3.63) is 48.6 Å². The lowest BCUT2D eigenvalue weighted by molar-refractivity contribution is 0.130. The number of benzene rings is 1. The van der Waals surface area contributed by atoms with Gasteiger partial charge in [-0.1, -0.05) is 36.4 Å². The molecule has 0 saturated carbocycles. The molecule has 0 aliphatic rings. The maximum absolute atomic E-state index is 11.4. The number of rotatable bonds is 8. The molecule has 0 saturated heterocycles. The van der Waals surface area contributed by atoms with Crippen molar-refractivity contribution in [2.45, 2.75) is 6.61 Å². The average molecular weight is 256 g/mol. The van der Waals surface area contributed by atoms with E-state index in [4.69, 9.17) is 9.26 Å². The van der Waals surface area contributed by atoms with Gasteiger partial charge < -0.3 is 14.2 Å². The second-order valence-corrected chi connectivity index (χ2v) is 5.46. The molecule has 5 heteroatoms. The van der Waals surface area contributed by atoms with Gasteiger partial charge in [-0.2, -0.15) is 0 Å². The van der Waals surface area contributed by atoms with E-state index in [2.05, 4.69) is 6.58 Å². The average Bonchev–Trinajstić information content (AvgIpc) is 2.34. The van der Waals surface area contributed by atoms with Crippen molar-refractivity contribution < 1.29 is 18.7 Å². The molecular formula is C12H17O4P. The summed E-state index contributed by atoms with van der Waals surface area (Å²) in [5, 5.41) is 0. The molecule has 94 valence electrons. The molecule has 1 rings (SSSR count). The molecule has 0 aliphatic heterocycles. The van der Waals surface area contributed by atoms with Crippen LogP contribution in [0.1, 0.15) is 5.56 Å². The fourth-order valence-electron chi connectivity index (χ4n) is 1.18. The van der Waals surface area contributed by atoms with Crippen LogP contribution in [0.2, 0.25) is 0 Å². The van der Waals surface area contributed by atoms with Crippen molar-refractivity contribution in [1.82, 2.24) is 0 Å². The molecule has 1 atom stereocenters. The van der Waals surface area contributed by atoms with Crippen molar-refractivity contribution in [3.8, 4) is 0 Å². The van der Waals surface area contributed by atoms with Crippen molar-refractivity contribution in [1.29, 1.82) is 0 Å². The van der Waals surface area contributed by atoms with Gasteiger partial charge >= 0.3 is 7.60 Å². The van der Waals surface area contributed by atoms with E-state index in [-0.39, 0.29) is 19.4 Å². The molecule has 1 N–H and O–H groups in total. The van der Waals surface area contributed by atoms with Crippen molar-refractivity contribution in [3.63, 3.8) is 0 Å². The van der Waals surface area contributed by atoms with Gasteiger partial charge in [0.15, 0.2) is 0 Å². The summed E-state index contributed by atoms with van der Waals surface area (Å²) in [4.78, 5) is 9.35. The normalized spacial score (nSPS) is 14.2. The highest BCUT2D eigenvalue weighted by atomic mass is 31.2. The first kappa shape index (κ1) is 14.1. The highest BCUT2D eigenvalue weighted by Crippen LogP contribution is 2.41. The summed E-state index contributed by atoms with van der Waals surface area (Å²) in [7, 11) is -3.53. The molecular weight excluding hydrogens is 239 g/mol. The van der Waals surface area contributed by atoms with Gasteiger partial charge in [-0.15, -0.1) is 6.58 Å². The van der Waals surface area contributed by atoms with Gasteiger partial charge in [0.25, 0.3) is 0 Å². The molecule has 1 aromatic rings. The van der Waals surface area contributed by atoms with Gasteiger partial charge in [0.05, 0.1) is 26.0 Å². The van der Waals surface area contributed by atoms with Crippen LogP contribution in [0.25, 0.3) is 0 Å². The van der Waals surface area contributed by atoms with Crippen LogP contribution in [0.3, 0.4) is 0 Å². The third-order valence-corrected chi connectivity index (χ3v) is 3.32. The first-order chi connectivity index (χ1) is 8.14. The van der Waals surface area contributed by atoms with Crippen LogP contribution in [0, 0.1) is 0 Å². The zero-order valence-corrected chi connectivity index (χ0v) is 10.5. The van der Waals surface area contributed by atoms with Crippen LogP contribution in [-0.2, 0) is 20.4 Å². The minimum absolute atomic E-state index is 0.00628. The van der Waals surface area contributed by atoms with Gasteiger partial charge in [0, 0.05) is 0 Å². The van der Waals surface area contributed by atoms with Gasteiger partial charge in [-0.3, -0.25) is 4.57 Å². The number of ether oxygens (including phenoxy) is 1. The molecule has 0 amide bonds. The lowest BCUT2D eigenvalue weighted by Crippen LogP contribution is -2.03. The van der Waals surface area contributed by atoms with Crippen LogP contribution < -0.4 is 0 Å². The Morgan fingerprint density at radius 1 is 1.35 bits per heavy atom. The maximum Gasteiger partial charge on any atom is 0.330 e. The molecule has 0 heterocycles. The molecule has 0 radical (unpaired) electrons. The SMILES string of the molecule is C=CCOP(=O)(O)CCOCc1ccccc1. The molecule has 0 spiro atoms. The Morgan fingerprint density at radius 3 is 2.71 bits per heavy atom. The minimum atomic E-state index is -3.53. The van der Waals surface area contributed by atoms with Crippen molar-refractivity contribution in [2.75, 3.05) is 19.4 Å². The quantitative estimate of drug-likeness (QED) is 0.441. The molecule has 1 unspecified atom stereocenters. The van der Waals surface area contributed by atoms with E-state index >= 15 is 0 Å². The van der Waals surface area contributed by atoms with E-state index in [0.717, 1.165) is 5.56 Å². The smallest absolute Gasteiger partial charge is 0.330 e. The third-order valence-electron chi connectivity index (χ3n) is 2.02. The van der Waals surface area contributed by atoms with E-state index < -0.39 is 7.60 Å². The summed E-state index contributed by atoms with van der Waals surface area (Å²) in [6.07, 6.45) is 1.43. The van der Waals surface area contributed by atoms with Gasteiger partial charge in [-0.05, 0) is 5.56 Å². The van der Waals surface area contributed by atoms with Crippen LogP contribution in [0.4, 0.5) is 0 Å². The first-order valence-corrected chi connectivity index (χ1v) is 7.09. The largest absolute Gasteiger partial charge is 0.376 e. The maximum atomic E-state index is 11.4. The summed E-state index contributed by atoms with van der Waals surface area (Å²) in [5.41, 5.74) is 1.03. The van der Waals surface area contributed by atoms with E-state index in [1.54, 1.807) is 0 Å². The van der Waals surface area contributed by atoms with E-state index in [0.29, 0.717) is 6.61 Å². The second-order valence-electron chi connectivity index (χ2n) is 3.48. The Balaban J connectivity index is 2.20. The summed E-state index contributed by atoms with van der Waals surface area (Å²) in [5.74, 6) is 0. The van der Waals surface area contributed by atoms with E-state index in [9.17, 15) is 9.46 Å². The zero-order valence-electron chi connectivity index (χ0n) is 9.62. The van der Waals surface area contributed by atoms with Crippen LogP contribution >= 0.6 is 7.60 Å². The van der Waals surface area contributed by atoms with Crippen molar-refractivity contribution in [2.24, 2.45) is 0 Å². The van der Waals surface area contributed by atoms with Gasteiger partial charge in [-0.25, -0.2) is 0 Å². The standard InChI is InChI=1S/C12H17O4P/c1-2-8-16-17(13,14)10-9-15-11-12-6-4-3-5-7-12/h2-7H,1,8-11H2,(H,13,14). The predicted molar refractivity (Wildman–Crippen MR) is 66.9 cm³/mol. The molecule has 0 bridgehead atoms. The number of hydrogen-bond donors (Lipinski definition) is 1. The van der Waals surface area contributed by atoms with Gasteiger partial charge in [0.1, 0.15) is 0 Å². The molecule has 4 nitrogen and oxygen atoms in total. The fraction of sp³-hybridized carbons (Fsp3) is 0.333. The Bertz CT molecular complexity index is 377. The fourth-order valence-corrected chi connectivity index (χ4v) is 2.01. The Labute approximate surface area is 101 Å². The highest BCUT2D eigenvalue weighted by molar-refractivity contribution is 7.52. The molecule has 0 aromatic heterocycles. The monoisotopic (exact) mass is 256 g/mol. The van der Waals surface area contributed by atoms with Crippen LogP contribution in [0.5, 0.6) is 0 Å². The Kier molecular flexibility index (Phi) is 6.16. The first-order valence-electron chi connectivity index (χ1n) is 5.33. The molecule has 0 fully saturated rings. The summed E-state index contributed by atoms with van der Waals surface area (Å²) < 4.78 is 21.4. The van der Waals surface area contributed by atoms with Crippen molar-refractivity contribution >= 4 is 7.60 Å². The summed E-state index contributed by atoms with van der Waals surface area (Å²) in [6, 6.07) is 9.64. The Hall–Kier alpha value is -0.930. The molecule has 17 heavy (non-hydrogen) atoms. The third kappa shape index (κ3) is 6.39. The van der Waals surface area contributed by atoms with Gasteiger partial charge in [0.2, 0.25) is 0 Å². The number of hydrogen-bond acceptors (Lipinski definition) is 3. The summed E-state index contributed by atoms with van der Waals surface area (Å²) >= 11 is 0. The van der Waals surface area contributed by atoms with E-state index in [1.165, 1.54) is 6.08 Å². The molecule has 1 aromatic carbocycles. The highest BCUT2D eigenvalue weighted by Gasteiger charge is 2.17. The lowest BCUT2D eigenvalue weighted by Gasteiger charge is -2.10. The van der Waals surface area contributed by atoms with Crippen LogP contribution in [-0.4, -0.2) is 24.3 Å². The topological polar surface area (TPSA) is 55.8 Å². The Morgan fingerprint density at radius 2 is 2.06 bits per heavy atom.